The third kappa shape index (κ3) is 3.81. The minimum absolute atomic E-state index is 0.491. The lowest BCUT2D eigenvalue weighted by atomic mass is 10.5. The molecule has 0 spiro atoms. The summed E-state index contributed by atoms with van der Waals surface area (Å²) in [5.74, 6) is -0.251. The van der Waals surface area contributed by atoms with Gasteiger partial charge in [0.2, 0.25) is 0 Å². The van der Waals surface area contributed by atoms with Crippen LogP contribution in [0.2, 0.25) is 0 Å². The lowest BCUT2D eigenvalue weighted by Crippen LogP contribution is -2.14. The van der Waals surface area contributed by atoms with Crippen molar-refractivity contribution in [3.05, 3.63) is 24.3 Å². The van der Waals surface area contributed by atoms with Crippen LogP contribution in [0.25, 0.3) is 0 Å². The van der Waals surface area contributed by atoms with E-state index >= 15 is 0 Å². The molecule has 1 aromatic rings. The van der Waals surface area contributed by atoms with Crippen molar-refractivity contribution >= 4 is 5.97 Å². The highest BCUT2D eigenvalue weighted by Gasteiger charge is 1.95. The number of carboxylic acids is 1. The Morgan fingerprint density at radius 1 is 1.79 bits per heavy atom. The lowest BCUT2D eigenvalue weighted by molar-refractivity contribution is -0.131. The van der Waals surface area contributed by atoms with Gasteiger partial charge in [-0.2, -0.15) is 5.10 Å². The largest absolute Gasteiger partial charge is 0.478 e. The molecule has 0 amide bonds. The first-order valence-electron chi connectivity index (χ1n) is 4.13. The van der Waals surface area contributed by atoms with Crippen molar-refractivity contribution in [3.8, 4) is 0 Å². The number of carbonyl (C=O) groups is 1. The Bertz CT molecular complexity index is 332. The first-order valence-corrected chi connectivity index (χ1v) is 4.13. The van der Waals surface area contributed by atoms with E-state index in [1.54, 1.807) is 18.1 Å². The molecule has 0 aromatic carbocycles. The predicted molar refractivity (Wildman–Crippen MR) is 49.5 cm³/mol. The standard InChI is InChI=1S/C8H12N4O2/c1-12-6-10-7(11-12)5-9-4-2-3-8(13)14/h2-3,6,9H,4-5H2,1H3,(H,13,14)/b3-2+. The monoisotopic (exact) mass is 196 g/mol. The van der Waals surface area contributed by atoms with Crippen LogP contribution < -0.4 is 5.32 Å². The van der Waals surface area contributed by atoms with Gasteiger partial charge in [-0.05, 0) is 0 Å². The summed E-state index contributed by atoms with van der Waals surface area (Å²) in [6, 6.07) is 0. The van der Waals surface area contributed by atoms with Crippen molar-refractivity contribution < 1.29 is 9.90 Å². The zero-order valence-corrected chi connectivity index (χ0v) is 7.84. The van der Waals surface area contributed by atoms with Crippen molar-refractivity contribution in [1.82, 2.24) is 20.1 Å². The van der Waals surface area contributed by atoms with Crippen molar-refractivity contribution in [1.29, 1.82) is 0 Å². The van der Waals surface area contributed by atoms with E-state index in [1.807, 2.05) is 0 Å². The lowest BCUT2D eigenvalue weighted by Gasteiger charge is -1.95. The molecule has 14 heavy (non-hydrogen) atoms. The van der Waals surface area contributed by atoms with Crippen LogP contribution in [0, 0.1) is 0 Å². The summed E-state index contributed by atoms with van der Waals surface area (Å²) < 4.78 is 1.62. The first kappa shape index (κ1) is 10.4. The fourth-order valence-electron chi connectivity index (χ4n) is 0.892. The molecule has 0 fully saturated rings. The first-order chi connectivity index (χ1) is 6.68. The van der Waals surface area contributed by atoms with Gasteiger partial charge in [0, 0.05) is 19.7 Å². The Morgan fingerprint density at radius 3 is 3.14 bits per heavy atom. The van der Waals surface area contributed by atoms with Crippen LogP contribution >= 0.6 is 0 Å². The molecule has 0 radical (unpaired) electrons. The summed E-state index contributed by atoms with van der Waals surface area (Å²) in [7, 11) is 1.79. The Balaban J connectivity index is 2.19. The zero-order chi connectivity index (χ0) is 10.4. The van der Waals surface area contributed by atoms with E-state index in [2.05, 4.69) is 15.4 Å². The molecule has 0 bridgehead atoms. The molecule has 0 unspecified atom stereocenters. The van der Waals surface area contributed by atoms with Gasteiger partial charge in [-0.15, -0.1) is 0 Å². The highest BCUT2D eigenvalue weighted by Crippen LogP contribution is 1.85. The molecule has 0 atom stereocenters. The summed E-state index contributed by atoms with van der Waals surface area (Å²) in [6.07, 6.45) is 4.24. The Morgan fingerprint density at radius 2 is 2.57 bits per heavy atom. The number of carboxylic acid groups (broad SMARTS) is 1. The van der Waals surface area contributed by atoms with Gasteiger partial charge >= 0.3 is 5.97 Å². The highest BCUT2D eigenvalue weighted by molar-refractivity contribution is 5.79. The number of hydrogen-bond donors (Lipinski definition) is 2. The van der Waals surface area contributed by atoms with Gasteiger partial charge in [-0.25, -0.2) is 9.78 Å². The third-order valence-electron chi connectivity index (χ3n) is 1.45. The quantitative estimate of drug-likeness (QED) is 0.492. The van der Waals surface area contributed by atoms with Crippen molar-refractivity contribution in [2.24, 2.45) is 7.05 Å². The van der Waals surface area contributed by atoms with Gasteiger partial charge in [-0.1, -0.05) is 6.08 Å². The molecule has 6 nitrogen and oxygen atoms in total. The van der Waals surface area contributed by atoms with Crippen LogP contribution in [-0.2, 0) is 18.4 Å². The van der Waals surface area contributed by atoms with Gasteiger partial charge in [0.1, 0.15) is 6.33 Å². The van der Waals surface area contributed by atoms with Crippen LogP contribution in [0.5, 0.6) is 0 Å². The smallest absolute Gasteiger partial charge is 0.328 e. The Labute approximate surface area is 81.3 Å². The highest BCUT2D eigenvalue weighted by atomic mass is 16.4. The number of aryl methyl sites for hydroxylation is 1. The number of nitrogens with one attached hydrogen (secondary N) is 1. The molecule has 0 aliphatic rings. The van der Waals surface area contributed by atoms with Gasteiger partial charge in [0.15, 0.2) is 5.82 Å². The Hall–Kier alpha value is -1.69. The van der Waals surface area contributed by atoms with E-state index < -0.39 is 5.97 Å². The second kappa shape index (κ2) is 5.13. The van der Waals surface area contributed by atoms with E-state index in [0.29, 0.717) is 18.9 Å². The fraction of sp³-hybridized carbons (Fsp3) is 0.375. The van der Waals surface area contributed by atoms with Crippen LogP contribution in [-0.4, -0.2) is 32.4 Å². The molecule has 0 saturated carbocycles. The van der Waals surface area contributed by atoms with Crippen molar-refractivity contribution in [2.45, 2.75) is 6.54 Å². The number of hydrogen-bond acceptors (Lipinski definition) is 4. The number of aromatic nitrogens is 3. The molecule has 6 heteroatoms. The maximum atomic E-state index is 10.1. The second-order valence-corrected chi connectivity index (χ2v) is 2.71. The molecule has 1 heterocycles. The van der Waals surface area contributed by atoms with Gasteiger partial charge in [0.05, 0.1) is 6.54 Å². The molecule has 0 saturated heterocycles. The van der Waals surface area contributed by atoms with Gasteiger partial charge < -0.3 is 10.4 Å². The van der Waals surface area contributed by atoms with Crippen LogP contribution in [0.15, 0.2) is 18.5 Å². The predicted octanol–water partition coefficient (Wildman–Crippen LogP) is -0.455. The summed E-state index contributed by atoms with van der Waals surface area (Å²) in [5.41, 5.74) is 0. The molecule has 1 rings (SSSR count). The molecule has 2 N–H and O–H groups in total. The van der Waals surface area contributed by atoms with E-state index in [1.165, 1.54) is 6.08 Å². The van der Waals surface area contributed by atoms with E-state index in [0.717, 1.165) is 6.08 Å². The number of aliphatic carboxylic acids is 1. The molecule has 76 valence electrons. The SMILES string of the molecule is Cn1cnc(CNC/C=C/C(=O)O)n1. The van der Waals surface area contributed by atoms with Crippen molar-refractivity contribution in [2.75, 3.05) is 6.54 Å². The van der Waals surface area contributed by atoms with Gasteiger partial charge in [-0.3, -0.25) is 4.68 Å². The maximum Gasteiger partial charge on any atom is 0.328 e. The van der Waals surface area contributed by atoms with Crippen LogP contribution in [0.3, 0.4) is 0 Å². The average Bonchev–Trinajstić information content (AvgIpc) is 2.50. The molecular formula is C8H12N4O2. The minimum atomic E-state index is -0.942. The summed E-state index contributed by atoms with van der Waals surface area (Å²) in [6.45, 7) is 1.02. The van der Waals surface area contributed by atoms with Crippen molar-refractivity contribution in [3.63, 3.8) is 0 Å². The maximum absolute atomic E-state index is 10.1. The molecular weight excluding hydrogens is 184 g/mol. The van der Waals surface area contributed by atoms with Gasteiger partial charge in [0.25, 0.3) is 0 Å². The number of rotatable bonds is 5. The van der Waals surface area contributed by atoms with E-state index in [4.69, 9.17) is 5.11 Å². The fourth-order valence-corrected chi connectivity index (χ4v) is 0.892. The van der Waals surface area contributed by atoms with Crippen LogP contribution in [0.4, 0.5) is 0 Å². The van der Waals surface area contributed by atoms with Crippen LogP contribution in [0.1, 0.15) is 5.82 Å². The van der Waals surface area contributed by atoms with E-state index in [9.17, 15) is 4.79 Å². The second-order valence-electron chi connectivity index (χ2n) is 2.71. The molecule has 1 aromatic heterocycles. The summed E-state index contributed by atoms with van der Waals surface area (Å²) >= 11 is 0. The minimum Gasteiger partial charge on any atom is -0.478 e. The van der Waals surface area contributed by atoms with E-state index in [-0.39, 0.29) is 0 Å². The summed E-state index contributed by atoms with van der Waals surface area (Å²) in [4.78, 5) is 14.1. The zero-order valence-electron chi connectivity index (χ0n) is 7.84. The molecule has 0 aliphatic heterocycles. The number of nitrogens with zero attached hydrogens (tertiary/aromatic N) is 3. The average molecular weight is 196 g/mol. The summed E-state index contributed by atoms with van der Waals surface area (Å²) in [5, 5.41) is 15.3. The topological polar surface area (TPSA) is 80.0 Å². The Kier molecular flexibility index (Phi) is 3.81. The molecule has 0 aliphatic carbocycles. The normalized spacial score (nSPS) is 10.9. The third-order valence-corrected chi connectivity index (χ3v) is 1.45.